The Morgan fingerprint density at radius 1 is 1.37 bits per heavy atom. The van der Waals surface area contributed by atoms with E-state index in [4.69, 9.17) is 5.11 Å². The Kier molecular flexibility index (Phi) is 4.91. The molecule has 0 aliphatic carbocycles. The number of aliphatic carboxylic acids is 1. The number of carbonyl (C=O) groups excluding carboxylic acids is 2. The average molecular weight is 270 g/mol. The Morgan fingerprint density at radius 2 is 2.00 bits per heavy atom. The monoisotopic (exact) mass is 270 g/mol. The van der Waals surface area contributed by atoms with Gasteiger partial charge < -0.3 is 14.9 Å². The number of nitrogens with zero attached hydrogens (tertiary/aromatic N) is 2. The Morgan fingerprint density at radius 3 is 2.42 bits per heavy atom. The lowest BCUT2D eigenvalue weighted by molar-refractivity contribution is -0.144. The third-order valence-corrected chi connectivity index (χ3v) is 3.16. The zero-order chi connectivity index (χ0) is 14.6. The standard InChI is InChI=1S/C13H22N2O4/c1-13(2,3)15(8-6-12(18)19)11(17)9-14-7-4-5-10(14)16/h4-9H2,1-3H3,(H,18,19). The summed E-state index contributed by atoms with van der Waals surface area (Å²) in [6.07, 6.45) is 1.20. The highest BCUT2D eigenvalue weighted by Crippen LogP contribution is 2.16. The van der Waals surface area contributed by atoms with E-state index in [0.717, 1.165) is 6.42 Å². The van der Waals surface area contributed by atoms with Crippen LogP contribution in [0.1, 0.15) is 40.0 Å². The van der Waals surface area contributed by atoms with Crippen LogP contribution in [0.4, 0.5) is 0 Å². The Balaban J connectivity index is 2.65. The van der Waals surface area contributed by atoms with E-state index >= 15 is 0 Å². The fourth-order valence-electron chi connectivity index (χ4n) is 2.16. The molecule has 0 aromatic carbocycles. The fraction of sp³-hybridized carbons (Fsp3) is 0.769. The van der Waals surface area contributed by atoms with E-state index in [0.29, 0.717) is 13.0 Å². The molecule has 1 N–H and O–H groups in total. The molecule has 1 aliphatic rings. The van der Waals surface area contributed by atoms with Crippen LogP contribution in [-0.2, 0) is 14.4 Å². The summed E-state index contributed by atoms with van der Waals surface area (Å²) in [4.78, 5) is 37.5. The Bertz CT molecular complexity index is 373. The van der Waals surface area contributed by atoms with E-state index in [9.17, 15) is 14.4 Å². The van der Waals surface area contributed by atoms with Gasteiger partial charge in [0.2, 0.25) is 11.8 Å². The zero-order valence-electron chi connectivity index (χ0n) is 11.8. The first kappa shape index (κ1) is 15.5. The minimum Gasteiger partial charge on any atom is -0.481 e. The first-order valence-corrected chi connectivity index (χ1v) is 6.52. The van der Waals surface area contributed by atoms with Gasteiger partial charge in [-0.2, -0.15) is 0 Å². The van der Waals surface area contributed by atoms with Crippen molar-refractivity contribution < 1.29 is 19.5 Å². The van der Waals surface area contributed by atoms with E-state index in [-0.39, 0.29) is 31.3 Å². The third-order valence-electron chi connectivity index (χ3n) is 3.16. The number of rotatable bonds is 5. The molecule has 1 saturated heterocycles. The number of carboxylic acids is 1. The Labute approximate surface area is 113 Å². The predicted octanol–water partition coefficient (Wildman–Crippen LogP) is 0.711. The SMILES string of the molecule is CC(C)(C)N(CCC(=O)O)C(=O)CN1CCCC1=O. The molecular formula is C13H22N2O4. The quantitative estimate of drug-likeness (QED) is 0.798. The van der Waals surface area contributed by atoms with E-state index < -0.39 is 11.5 Å². The number of carboxylic acid groups (broad SMARTS) is 1. The lowest BCUT2D eigenvalue weighted by Gasteiger charge is -2.36. The number of likely N-dealkylation sites (tertiary alicyclic amines) is 1. The minimum absolute atomic E-state index is 0.000411. The average Bonchev–Trinajstić information content (AvgIpc) is 2.62. The predicted molar refractivity (Wildman–Crippen MR) is 69.5 cm³/mol. The molecule has 0 spiro atoms. The van der Waals surface area contributed by atoms with Crippen molar-refractivity contribution in [3.8, 4) is 0 Å². The molecule has 2 amide bonds. The van der Waals surface area contributed by atoms with E-state index in [1.165, 1.54) is 4.90 Å². The van der Waals surface area contributed by atoms with Crippen molar-refractivity contribution in [3.63, 3.8) is 0 Å². The summed E-state index contributed by atoms with van der Waals surface area (Å²) in [5, 5.41) is 8.73. The fourth-order valence-corrected chi connectivity index (χ4v) is 2.16. The van der Waals surface area contributed by atoms with Gasteiger partial charge in [0.05, 0.1) is 13.0 Å². The van der Waals surface area contributed by atoms with E-state index in [1.807, 2.05) is 20.8 Å². The zero-order valence-corrected chi connectivity index (χ0v) is 11.8. The van der Waals surface area contributed by atoms with Crippen molar-refractivity contribution in [1.82, 2.24) is 9.80 Å². The first-order valence-electron chi connectivity index (χ1n) is 6.52. The second-order valence-electron chi connectivity index (χ2n) is 5.78. The minimum atomic E-state index is -0.931. The maximum Gasteiger partial charge on any atom is 0.305 e. The summed E-state index contributed by atoms with van der Waals surface area (Å²) in [5.74, 6) is -1.12. The second kappa shape index (κ2) is 6.04. The molecule has 0 bridgehead atoms. The van der Waals surface area contributed by atoms with Gasteiger partial charge in [-0.05, 0) is 27.2 Å². The van der Waals surface area contributed by atoms with Gasteiger partial charge in [-0.3, -0.25) is 14.4 Å². The van der Waals surface area contributed by atoms with Gasteiger partial charge in [0.25, 0.3) is 0 Å². The van der Waals surface area contributed by atoms with Crippen LogP contribution >= 0.6 is 0 Å². The molecule has 1 fully saturated rings. The van der Waals surface area contributed by atoms with E-state index in [1.54, 1.807) is 4.90 Å². The van der Waals surface area contributed by atoms with Gasteiger partial charge in [-0.15, -0.1) is 0 Å². The van der Waals surface area contributed by atoms with Crippen LogP contribution in [0, 0.1) is 0 Å². The van der Waals surface area contributed by atoms with Crippen LogP contribution in [0.25, 0.3) is 0 Å². The van der Waals surface area contributed by atoms with Gasteiger partial charge in [0.15, 0.2) is 0 Å². The highest BCUT2D eigenvalue weighted by Gasteiger charge is 2.30. The molecule has 0 radical (unpaired) electrons. The number of amides is 2. The number of carbonyl (C=O) groups is 3. The molecule has 6 nitrogen and oxygen atoms in total. The van der Waals surface area contributed by atoms with Gasteiger partial charge in [-0.25, -0.2) is 0 Å². The molecule has 6 heteroatoms. The van der Waals surface area contributed by atoms with Gasteiger partial charge >= 0.3 is 5.97 Å². The van der Waals surface area contributed by atoms with Crippen LogP contribution in [0.5, 0.6) is 0 Å². The molecule has 0 aromatic rings. The van der Waals surface area contributed by atoms with Crippen molar-refractivity contribution >= 4 is 17.8 Å². The van der Waals surface area contributed by atoms with Crippen LogP contribution in [0.2, 0.25) is 0 Å². The molecule has 0 atom stereocenters. The topological polar surface area (TPSA) is 77.9 Å². The molecule has 1 rings (SSSR count). The first-order chi connectivity index (χ1) is 8.71. The molecule has 1 heterocycles. The van der Waals surface area contributed by atoms with Crippen molar-refractivity contribution in [2.45, 2.75) is 45.6 Å². The van der Waals surface area contributed by atoms with Crippen LogP contribution < -0.4 is 0 Å². The Hall–Kier alpha value is -1.59. The lowest BCUT2D eigenvalue weighted by Crippen LogP contribution is -2.50. The lowest BCUT2D eigenvalue weighted by atomic mass is 10.1. The highest BCUT2D eigenvalue weighted by atomic mass is 16.4. The summed E-state index contributed by atoms with van der Waals surface area (Å²) in [6, 6.07) is 0. The summed E-state index contributed by atoms with van der Waals surface area (Å²) >= 11 is 0. The summed E-state index contributed by atoms with van der Waals surface area (Å²) in [6.45, 7) is 6.41. The summed E-state index contributed by atoms with van der Waals surface area (Å²) in [5.41, 5.74) is -0.449. The van der Waals surface area contributed by atoms with Crippen LogP contribution in [0.15, 0.2) is 0 Å². The van der Waals surface area contributed by atoms with Crippen LogP contribution in [0.3, 0.4) is 0 Å². The third kappa shape index (κ3) is 4.54. The second-order valence-corrected chi connectivity index (χ2v) is 5.78. The van der Waals surface area contributed by atoms with Gasteiger partial charge in [0.1, 0.15) is 0 Å². The van der Waals surface area contributed by atoms with Crippen molar-refractivity contribution in [1.29, 1.82) is 0 Å². The van der Waals surface area contributed by atoms with E-state index in [2.05, 4.69) is 0 Å². The molecule has 1 aliphatic heterocycles. The maximum atomic E-state index is 12.2. The van der Waals surface area contributed by atoms with Crippen molar-refractivity contribution in [2.75, 3.05) is 19.6 Å². The summed E-state index contributed by atoms with van der Waals surface area (Å²) in [7, 11) is 0. The summed E-state index contributed by atoms with van der Waals surface area (Å²) < 4.78 is 0. The normalized spacial score (nSPS) is 15.7. The highest BCUT2D eigenvalue weighted by molar-refractivity contribution is 5.86. The van der Waals surface area contributed by atoms with Crippen molar-refractivity contribution in [2.24, 2.45) is 0 Å². The smallest absolute Gasteiger partial charge is 0.305 e. The van der Waals surface area contributed by atoms with Gasteiger partial charge in [-0.1, -0.05) is 0 Å². The molecular weight excluding hydrogens is 248 g/mol. The molecule has 108 valence electrons. The number of hydrogen-bond donors (Lipinski definition) is 1. The molecule has 0 aromatic heterocycles. The van der Waals surface area contributed by atoms with Gasteiger partial charge in [0, 0.05) is 25.0 Å². The molecule has 19 heavy (non-hydrogen) atoms. The largest absolute Gasteiger partial charge is 0.481 e. The molecule has 0 saturated carbocycles. The maximum absolute atomic E-state index is 12.2. The van der Waals surface area contributed by atoms with Crippen LogP contribution in [-0.4, -0.2) is 57.9 Å². The van der Waals surface area contributed by atoms with Crippen molar-refractivity contribution in [3.05, 3.63) is 0 Å². The number of hydrogen-bond acceptors (Lipinski definition) is 3. The molecule has 0 unspecified atom stereocenters.